The fraction of sp³-hybridized carbons (Fsp3) is 0.136. The second-order valence-corrected chi connectivity index (χ2v) is 6.86. The Labute approximate surface area is 178 Å². The van der Waals surface area contributed by atoms with Gasteiger partial charge in [-0.3, -0.25) is 9.78 Å². The lowest BCUT2D eigenvalue weighted by Gasteiger charge is -2.11. The van der Waals surface area contributed by atoms with Crippen LogP contribution >= 0.6 is 11.6 Å². The van der Waals surface area contributed by atoms with Crippen LogP contribution in [0.1, 0.15) is 27.2 Å². The summed E-state index contributed by atoms with van der Waals surface area (Å²) in [5, 5.41) is 12.0. The zero-order valence-electron chi connectivity index (χ0n) is 16.1. The predicted octanol–water partition coefficient (Wildman–Crippen LogP) is 4.61. The SMILES string of the molecule is Cc1ccc(OCc2ccc(Cl)cc2)cc1C(=O)NCc1ccc(OC(=O)O)cn1. The number of hydrogen-bond acceptors (Lipinski definition) is 5. The number of halogens is 1. The summed E-state index contributed by atoms with van der Waals surface area (Å²) >= 11 is 5.88. The second kappa shape index (κ2) is 9.76. The molecule has 0 saturated carbocycles. The average molecular weight is 427 g/mol. The maximum atomic E-state index is 12.6. The van der Waals surface area contributed by atoms with Crippen molar-refractivity contribution in [1.29, 1.82) is 0 Å². The standard InChI is InChI=1S/C22H19ClN2O5/c1-14-2-8-18(29-13-15-3-5-16(23)6-4-15)10-20(14)21(26)25-11-17-7-9-19(12-24-17)30-22(27)28/h2-10,12H,11,13H2,1H3,(H,25,26)(H,27,28). The third-order valence-corrected chi connectivity index (χ3v) is 4.46. The lowest BCUT2D eigenvalue weighted by molar-refractivity contribution is 0.0949. The summed E-state index contributed by atoms with van der Waals surface area (Å²) in [6, 6.07) is 15.7. The Kier molecular flexibility index (Phi) is 6.87. The minimum Gasteiger partial charge on any atom is -0.489 e. The summed E-state index contributed by atoms with van der Waals surface area (Å²) in [4.78, 5) is 27.2. The molecule has 1 heterocycles. The monoisotopic (exact) mass is 426 g/mol. The Bertz CT molecular complexity index is 1040. The Morgan fingerprint density at radius 2 is 1.80 bits per heavy atom. The molecule has 0 aliphatic rings. The van der Waals surface area contributed by atoms with Crippen LogP contribution < -0.4 is 14.8 Å². The van der Waals surface area contributed by atoms with Crippen molar-refractivity contribution in [2.24, 2.45) is 0 Å². The highest BCUT2D eigenvalue weighted by atomic mass is 35.5. The van der Waals surface area contributed by atoms with Gasteiger partial charge in [0.05, 0.1) is 18.4 Å². The van der Waals surface area contributed by atoms with Crippen molar-refractivity contribution in [2.75, 3.05) is 0 Å². The summed E-state index contributed by atoms with van der Waals surface area (Å²) in [7, 11) is 0. The lowest BCUT2D eigenvalue weighted by atomic mass is 10.1. The van der Waals surface area contributed by atoms with Crippen molar-refractivity contribution in [1.82, 2.24) is 10.3 Å². The smallest absolute Gasteiger partial charge is 0.489 e. The van der Waals surface area contributed by atoms with E-state index in [1.54, 1.807) is 24.3 Å². The van der Waals surface area contributed by atoms with Gasteiger partial charge < -0.3 is 19.9 Å². The number of pyridine rings is 1. The quantitative estimate of drug-likeness (QED) is 0.535. The number of carboxylic acid groups (broad SMARTS) is 1. The van der Waals surface area contributed by atoms with Gasteiger partial charge >= 0.3 is 6.16 Å². The van der Waals surface area contributed by atoms with Crippen LogP contribution in [0.4, 0.5) is 4.79 Å². The van der Waals surface area contributed by atoms with E-state index in [0.29, 0.717) is 28.6 Å². The first-order chi connectivity index (χ1) is 14.4. The number of nitrogens with zero attached hydrogens (tertiary/aromatic N) is 1. The van der Waals surface area contributed by atoms with Crippen LogP contribution in [-0.2, 0) is 13.2 Å². The van der Waals surface area contributed by atoms with E-state index in [1.165, 1.54) is 12.3 Å². The number of nitrogens with one attached hydrogen (secondary N) is 1. The van der Waals surface area contributed by atoms with E-state index in [-0.39, 0.29) is 18.2 Å². The maximum absolute atomic E-state index is 12.6. The Balaban J connectivity index is 1.60. The first kappa shape index (κ1) is 21.1. The molecule has 8 heteroatoms. The van der Waals surface area contributed by atoms with E-state index >= 15 is 0 Å². The number of rotatable bonds is 7. The maximum Gasteiger partial charge on any atom is 0.511 e. The molecule has 30 heavy (non-hydrogen) atoms. The highest BCUT2D eigenvalue weighted by molar-refractivity contribution is 6.30. The van der Waals surface area contributed by atoms with Crippen molar-refractivity contribution in [2.45, 2.75) is 20.1 Å². The summed E-state index contributed by atoms with van der Waals surface area (Å²) < 4.78 is 10.3. The van der Waals surface area contributed by atoms with Crippen LogP contribution in [0.15, 0.2) is 60.8 Å². The topological polar surface area (TPSA) is 97.8 Å². The zero-order valence-corrected chi connectivity index (χ0v) is 16.8. The summed E-state index contributed by atoms with van der Waals surface area (Å²) in [5.74, 6) is 0.421. The second-order valence-electron chi connectivity index (χ2n) is 6.43. The first-order valence-electron chi connectivity index (χ1n) is 9.02. The van der Waals surface area contributed by atoms with Crippen molar-refractivity contribution in [3.63, 3.8) is 0 Å². The minimum atomic E-state index is -1.41. The largest absolute Gasteiger partial charge is 0.511 e. The van der Waals surface area contributed by atoms with Gasteiger partial charge in [-0.25, -0.2) is 4.79 Å². The van der Waals surface area contributed by atoms with Crippen LogP contribution in [0.2, 0.25) is 5.02 Å². The number of aromatic nitrogens is 1. The molecule has 2 aromatic carbocycles. The molecule has 3 aromatic rings. The zero-order chi connectivity index (χ0) is 21.5. The van der Waals surface area contributed by atoms with E-state index in [1.807, 2.05) is 31.2 Å². The number of hydrogen-bond donors (Lipinski definition) is 2. The van der Waals surface area contributed by atoms with Gasteiger partial charge in [0.15, 0.2) is 5.75 Å². The molecule has 0 unspecified atom stereocenters. The van der Waals surface area contributed by atoms with Gasteiger partial charge in [-0.05, 0) is 54.4 Å². The Morgan fingerprint density at radius 1 is 1.07 bits per heavy atom. The number of benzene rings is 2. The molecule has 1 amide bonds. The van der Waals surface area contributed by atoms with Gasteiger partial charge in [-0.15, -0.1) is 0 Å². The van der Waals surface area contributed by atoms with Crippen LogP contribution in [0.25, 0.3) is 0 Å². The molecule has 7 nitrogen and oxygen atoms in total. The fourth-order valence-corrected chi connectivity index (χ4v) is 2.75. The van der Waals surface area contributed by atoms with Crippen LogP contribution in [-0.4, -0.2) is 22.2 Å². The third kappa shape index (κ3) is 5.96. The number of amides is 1. The van der Waals surface area contributed by atoms with Crippen molar-refractivity contribution in [3.8, 4) is 11.5 Å². The molecule has 1 aromatic heterocycles. The minimum absolute atomic E-state index is 0.110. The molecule has 0 aliphatic heterocycles. The van der Waals surface area contributed by atoms with Gasteiger partial charge in [0.25, 0.3) is 5.91 Å². The molecule has 0 spiro atoms. The molecule has 2 N–H and O–H groups in total. The summed E-state index contributed by atoms with van der Waals surface area (Å²) in [6.45, 7) is 2.38. The lowest BCUT2D eigenvalue weighted by Crippen LogP contribution is -2.24. The highest BCUT2D eigenvalue weighted by Crippen LogP contribution is 2.20. The number of ether oxygens (including phenoxy) is 2. The third-order valence-electron chi connectivity index (χ3n) is 4.21. The number of aryl methyl sites for hydroxylation is 1. The molecule has 0 atom stereocenters. The first-order valence-corrected chi connectivity index (χ1v) is 9.40. The van der Waals surface area contributed by atoms with Crippen molar-refractivity contribution >= 4 is 23.7 Å². The molecular weight excluding hydrogens is 408 g/mol. The molecule has 0 radical (unpaired) electrons. The van der Waals surface area contributed by atoms with Gasteiger partial charge in [0.2, 0.25) is 0 Å². The molecule has 154 valence electrons. The highest BCUT2D eigenvalue weighted by Gasteiger charge is 2.11. The molecule has 0 fully saturated rings. The van der Waals surface area contributed by atoms with E-state index in [4.69, 9.17) is 21.4 Å². The Hall–Kier alpha value is -3.58. The van der Waals surface area contributed by atoms with Gasteiger partial charge in [0, 0.05) is 10.6 Å². The average Bonchev–Trinajstić information content (AvgIpc) is 2.73. The molecule has 3 rings (SSSR count). The Morgan fingerprint density at radius 3 is 2.47 bits per heavy atom. The van der Waals surface area contributed by atoms with Crippen molar-refractivity contribution in [3.05, 3.63) is 88.2 Å². The fourth-order valence-electron chi connectivity index (χ4n) is 2.63. The van der Waals surface area contributed by atoms with Gasteiger partial charge in [0.1, 0.15) is 12.4 Å². The predicted molar refractivity (Wildman–Crippen MR) is 111 cm³/mol. The summed E-state index contributed by atoms with van der Waals surface area (Å²) in [6.07, 6.45) is -0.127. The molecule has 0 saturated heterocycles. The number of carbonyl (C=O) groups is 2. The molecule has 0 aliphatic carbocycles. The van der Waals surface area contributed by atoms with Crippen LogP contribution in [0, 0.1) is 6.92 Å². The molecular formula is C22H19ClN2O5. The normalized spacial score (nSPS) is 10.3. The van der Waals surface area contributed by atoms with E-state index in [0.717, 1.165) is 11.1 Å². The van der Waals surface area contributed by atoms with E-state index in [9.17, 15) is 9.59 Å². The van der Waals surface area contributed by atoms with E-state index in [2.05, 4.69) is 15.0 Å². The van der Waals surface area contributed by atoms with Gasteiger partial charge in [-0.2, -0.15) is 0 Å². The molecule has 0 bridgehead atoms. The van der Waals surface area contributed by atoms with Crippen LogP contribution in [0.5, 0.6) is 11.5 Å². The van der Waals surface area contributed by atoms with E-state index < -0.39 is 6.16 Å². The van der Waals surface area contributed by atoms with Gasteiger partial charge in [-0.1, -0.05) is 29.8 Å². The van der Waals surface area contributed by atoms with Crippen molar-refractivity contribution < 1.29 is 24.2 Å². The van der Waals surface area contributed by atoms with Crippen LogP contribution in [0.3, 0.4) is 0 Å². The number of carbonyl (C=O) groups excluding carboxylic acids is 1. The summed E-state index contributed by atoms with van der Waals surface area (Å²) in [5.41, 5.74) is 2.83.